The number of pyridine rings is 1. The number of nitrogens with zero attached hydrogens (tertiary/aromatic N) is 3. The van der Waals surface area contributed by atoms with Gasteiger partial charge in [0.2, 0.25) is 0 Å². The molecule has 0 bridgehead atoms. The Morgan fingerprint density at radius 2 is 2.35 bits per heavy atom. The van der Waals surface area contributed by atoms with Crippen LogP contribution in [-0.4, -0.2) is 21.2 Å². The first-order valence-electron chi connectivity index (χ1n) is 4.94. The van der Waals surface area contributed by atoms with E-state index < -0.39 is 5.69 Å². The van der Waals surface area contributed by atoms with Gasteiger partial charge in [0, 0.05) is 24.2 Å². The van der Waals surface area contributed by atoms with Crippen molar-refractivity contribution in [1.29, 1.82) is 0 Å². The molecule has 1 N–H and O–H groups in total. The van der Waals surface area contributed by atoms with Crippen molar-refractivity contribution in [2.45, 2.75) is 6.61 Å². The topological polar surface area (TPSA) is 80.2 Å². The second-order valence-corrected chi connectivity index (χ2v) is 3.20. The molecule has 2 rings (SSSR count). The number of H-pyrrole nitrogens is 1. The molecule has 0 aromatic carbocycles. The number of hydrogen-bond acceptors (Lipinski definition) is 5. The minimum absolute atomic E-state index is 0.333. The van der Waals surface area contributed by atoms with Gasteiger partial charge in [-0.3, -0.25) is 4.98 Å². The molecule has 2 aromatic rings. The van der Waals surface area contributed by atoms with Crippen molar-refractivity contribution in [3.63, 3.8) is 0 Å². The van der Waals surface area contributed by atoms with Crippen molar-refractivity contribution in [3.8, 4) is 0 Å². The highest BCUT2D eigenvalue weighted by Gasteiger charge is 1.91. The Hall–Kier alpha value is -2.50. The smallest absolute Gasteiger partial charge is 0.345 e. The van der Waals surface area contributed by atoms with Gasteiger partial charge in [-0.2, -0.15) is 0 Å². The van der Waals surface area contributed by atoms with Crippen molar-refractivity contribution < 1.29 is 4.84 Å². The van der Waals surface area contributed by atoms with Crippen molar-refractivity contribution >= 4 is 6.21 Å². The Morgan fingerprint density at radius 1 is 1.41 bits per heavy atom. The van der Waals surface area contributed by atoms with Crippen molar-refractivity contribution in [2.24, 2.45) is 5.16 Å². The zero-order valence-corrected chi connectivity index (χ0v) is 8.91. The average molecular weight is 230 g/mol. The number of nitrogens with one attached hydrogen (secondary N) is 1. The van der Waals surface area contributed by atoms with Gasteiger partial charge >= 0.3 is 5.69 Å². The van der Waals surface area contributed by atoms with E-state index in [1.165, 1.54) is 12.4 Å². The molecular formula is C11H10N4O2. The second kappa shape index (κ2) is 5.55. The van der Waals surface area contributed by atoms with E-state index in [2.05, 4.69) is 20.1 Å². The lowest BCUT2D eigenvalue weighted by Gasteiger charge is -1.97. The number of rotatable bonds is 4. The summed E-state index contributed by atoms with van der Waals surface area (Å²) in [6, 6.07) is 5.33. The van der Waals surface area contributed by atoms with Crippen LogP contribution in [0, 0.1) is 0 Å². The van der Waals surface area contributed by atoms with Crippen molar-refractivity contribution in [2.75, 3.05) is 0 Å². The molecular weight excluding hydrogens is 220 g/mol. The minimum atomic E-state index is -0.416. The lowest BCUT2D eigenvalue weighted by Crippen LogP contribution is -2.10. The minimum Gasteiger partial charge on any atom is -0.391 e. The predicted molar refractivity (Wildman–Crippen MR) is 61.5 cm³/mol. The third kappa shape index (κ3) is 3.53. The summed E-state index contributed by atoms with van der Waals surface area (Å²) in [6.45, 7) is 0.333. The van der Waals surface area contributed by atoms with Gasteiger partial charge in [-0.05, 0) is 12.1 Å². The van der Waals surface area contributed by atoms with Gasteiger partial charge in [0.25, 0.3) is 0 Å². The van der Waals surface area contributed by atoms with Gasteiger partial charge in [0.15, 0.2) is 0 Å². The number of aromatic nitrogens is 3. The fraction of sp³-hybridized carbons (Fsp3) is 0.0909. The SMILES string of the molecule is O=c1nccc(/C=N/OCc2cccnc2)[nH]1. The maximum atomic E-state index is 10.9. The quantitative estimate of drug-likeness (QED) is 0.619. The molecule has 0 aliphatic carbocycles. The Kier molecular flexibility index (Phi) is 3.59. The molecule has 2 aromatic heterocycles. The summed E-state index contributed by atoms with van der Waals surface area (Å²) < 4.78 is 0. The highest BCUT2D eigenvalue weighted by Crippen LogP contribution is 1.98. The van der Waals surface area contributed by atoms with Crippen LogP contribution in [0.1, 0.15) is 11.3 Å². The van der Waals surface area contributed by atoms with Crippen LogP contribution >= 0.6 is 0 Å². The highest BCUT2D eigenvalue weighted by atomic mass is 16.6. The molecule has 86 valence electrons. The van der Waals surface area contributed by atoms with Crippen LogP contribution < -0.4 is 5.69 Å². The summed E-state index contributed by atoms with van der Waals surface area (Å²) in [5.41, 5.74) is 1.05. The molecule has 2 heterocycles. The van der Waals surface area contributed by atoms with Gasteiger partial charge in [0.05, 0.1) is 11.9 Å². The molecule has 0 saturated heterocycles. The summed E-state index contributed by atoms with van der Waals surface area (Å²) in [7, 11) is 0. The van der Waals surface area contributed by atoms with E-state index in [1.807, 2.05) is 12.1 Å². The number of oxime groups is 1. The predicted octanol–water partition coefficient (Wildman–Crippen LogP) is 0.716. The van der Waals surface area contributed by atoms with Crippen LogP contribution in [0.5, 0.6) is 0 Å². The molecule has 0 aliphatic heterocycles. The maximum Gasteiger partial charge on any atom is 0.345 e. The third-order valence-corrected chi connectivity index (χ3v) is 1.92. The van der Waals surface area contributed by atoms with Gasteiger partial charge in [-0.15, -0.1) is 0 Å². The normalized spacial score (nSPS) is 10.6. The molecule has 0 atom stereocenters. The molecule has 0 unspecified atom stereocenters. The standard InChI is InChI=1S/C11H10N4O2/c16-11-13-5-3-10(15-11)7-14-17-8-9-2-1-4-12-6-9/h1-7H,8H2,(H,13,15,16)/b14-7+. The van der Waals surface area contributed by atoms with Crippen LogP contribution in [0.15, 0.2) is 46.7 Å². The van der Waals surface area contributed by atoms with Gasteiger partial charge in [-0.25, -0.2) is 9.78 Å². The lowest BCUT2D eigenvalue weighted by atomic mass is 10.3. The zero-order chi connectivity index (χ0) is 11.9. The third-order valence-electron chi connectivity index (χ3n) is 1.92. The molecule has 0 aliphatic rings. The molecule has 0 fully saturated rings. The van der Waals surface area contributed by atoms with Crippen LogP contribution in [0.3, 0.4) is 0 Å². The first-order chi connectivity index (χ1) is 8.34. The zero-order valence-electron chi connectivity index (χ0n) is 8.91. The van der Waals surface area contributed by atoms with E-state index in [0.29, 0.717) is 12.3 Å². The summed E-state index contributed by atoms with van der Waals surface area (Å²) in [4.78, 5) is 25.9. The van der Waals surface area contributed by atoms with E-state index in [-0.39, 0.29) is 0 Å². The van der Waals surface area contributed by atoms with Crippen LogP contribution in [0.25, 0.3) is 0 Å². The van der Waals surface area contributed by atoms with Gasteiger partial charge in [-0.1, -0.05) is 11.2 Å². The summed E-state index contributed by atoms with van der Waals surface area (Å²) in [5, 5.41) is 3.73. The van der Waals surface area contributed by atoms with E-state index in [9.17, 15) is 4.79 Å². The average Bonchev–Trinajstić information content (AvgIpc) is 2.36. The second-order valence-electron chi connectivity index (χ2n) is 3.20. The largest absolute Gasteiger partial charge is 0.391 e. The van der Waals surface area contributed by atoms with Crippen molar-refractivity contribution in [1.82, 2.24) is 15.0 Å². The molecule has 17 heavy (non-hydrogen) atoms. The van der Waals surface area contributed by atoms with Crippen molar-refractivity contribution in [3.05, 3.63) is 58.5 Å². The van der Waals surface area contributed by atoms with E-state index >= 15 is 0 Å². The number of aromatic amines is 1. The fourth-order valence-corrected chi connectivity index (χ4v) is 1.15. The first-order valence-corrected chi connectivity index (χ1v) is 4.94. The maximum absolute atomic E-state index is 10.9. The number of hydrogen-bond donors (Lipinski definition) is 1. The Balaban J connectivity index is 1.88. The van der Waals surface area contributed by atoms with Crippen LogP contribution in [0.4, 0.5) is 0 Å². The molecule has 6 heteroatoms. The van der Waals surface area contributed by atoms with E-state index in [4.69, 9.17) is 4.84 Å². The Morgan fingerprint density at radius 3 is 3.12 bits per heavy atom. The first kappa shape index (κ1) is 11.0. The van der Waals surface area contributed by atoms with Gasteiger partial charge in [0.1, 0.15) is 6.61 Å². The van der Waals surface area contributed by atoms with Gasteiger partial charge < -0.3 is 9.82 Å². The molecule has 0 radical (unpaired) electrons. The Bertz CT molecular complexity index is 551. The summed E-state index contributed by atoms with van der Waals surface area (Å²) >= 11 is 0. The molecule has 6 nitrogen and oxygen atoms in total. The fourth-order valence-electron chi connectivity index (χ4n) is 1.15. The van der Waals surface area contributed by atoms with Crippen LogP contribution in [0.2, 0.25) is 0 Å². The highest BCUT2D eigenvalue weighted by molar-refractivity contribution is 5.75. The lowest BCUT2D eigenvalue weighted by molar-refractivity contribution is 0.132. The van der Waals surface area contributed by atoms with E-state index in [1.54, 1.807) is 18.5 Å². The molecule has 0 saturated carbocycles. The van der Waals surface area contributed by atoms with Crippen LogP contribution in [-0.2, 0) is 11.4 Å². The summed E-state index contributed by atoms with van der Waals surface area (Å²) in [6.07, 6.45) is 6.21. The summed E-state index contributed by atoms with van der Waals surface area (Å²) in [5.74, 6) is 0. The Labute approximate surface area is 97.0 Å². The van der Waals surface area contributed by atoms with E-state index in [0.717, 1.165) is 5.56 Å². The molecule has 0 spiro atoms. The molecule has 0 amide bonds. The monoisotopic (exact) mass is 230 g/mol.